The lowest BCUT2D eigenvalue weighted by Crippen LogP contribution is -2.27. The summed E-state index contributed by atoms with van der Waals surface area (Å²) in [5.41, 5.74) is 3.22. The molecule has 1 aliphatic heterocycles. The molecule has 7 nitrogen and oxygen atoms in total. The average Bonchev–Trinajstić information content (AvgIpc) is 2.72. The van der Waals surface area contributed by atoms with Gasteiger partial charge >= 0.3 is 0 Å². The second-order valence-electron chi connectivity index (χ2n) is 6.51. The number of carbonyl (C=O) groups excluding carboxylic acids is 1. The van der Waals surface area contributed by atoms with E-state index in [9.17, 15) is 20.2 Å². The smallest absolute Gasteiger partial charge is 0.269 e. The van der Waals surface area contributed by atoms with Gasteiger partial charge < -0.3 is 5.32 Å². The number of nitro benzene ring substituents is 1. The van der Waals surface area contributed by atoms with Crippen LogP contribution in [0.4, 0.5) is 5.69 Å². The van der Waals surface area contributed by atoms with Crippen molar-refractivity contribution in [1.29, 1.82) is 5.26 Å². The van der Waals surface area contributed by atoms with Crippen LogP contribution in [0, 0.1) is 21.4 Å². The van der Waals surface area contributed by atoms with Gasteiger partial charge in [-0.05, 0) is 31.0 Å². The minimum Gasteiger partial charge on any atom is -0.353 e. The van der Waals surface area contributed by atoms with Gasteiger partial charge in [-0.25, -0.2) is 0 Å². The number of ketones is 1. The van der Waals surface area contributed by atoms with Gasteiger partial charge in [0.25, 0.3) is 5.69 Å². The third-order valence-corrected chi connectivity index (χ3v) is 5.64. The Morgan fingerprint density at radius 1 is 1.38 bits per heavy atom. The van der Waals surface area contributed by atoms with Crippen LogP contribution in [0.25, 0.3) is 0 Å². The van der Waals surface area contributed by atoms with Crippen LogP contribution in [-0.2, 0) is 10.5 Å². The number of nitrogens with one attached hydrogen (secondary N) is 1. The number of pyridine rings is 1. The van der Waals surface area contributed by atoms with Crippen molar-refractivity contribution < 1.29 is 9.72 Å². The van der Waals surface area contributed by atoms with Crippen molar-refractivity contribution in [1.82, 2.24) is 10.3 Å². The molecule has 1 atom stereocenters. The van der Waals surface area contributed by atoms with E-state index in [0.717, 1.165) is 11.1 Å². The van der Waals surface area contributed by atoms with E-state index in [1.54, 1.807) is 30.6 Å². The molecular weight excluding hydrogens is 388 g/mol. The second-order valence-corrected chi connectivity index (χ2v) is 7.50. The lowest BCUT2D eigenvalue weighted by Gasteiger charge is -2.29. The van der Waals surface area contributed by atoms with Crippen molar-refractivity contribution in [2.75, 3.05) is 0 Å². The SMILES string of the molecule is CC(=O)C1=C(C)NC(SCc2cccc([N+](=O)[O-])c2)=C(C#N)[C@@H]1c1cccnc1. The van der Waals surface area contributed by atoms with Gasteiger partial charge in [-0.2, -0.15) is 5.26 Å². The number of nitrogens with zero attached hydrogens (tertiary/aromatic N) is 3. The third-order valence-electron chi connectivity index (χ3n) is 4.55. The molecule has 0 aliphatic carbocycles. The number of allylic oxidation sites excluding steroid dienone is 3. The Morgan fingerprint density at radius 3 is 2.79 bits per heavy atom. The summed E-state index contributed by atoms with van der Waals surface area (Å²) in [6.07, 6.45) is 3.30. The molecule has 1 aromatic heterocycles. The summed E-state index contributed by atoms with van der Waals surface area (Å²) < 4.78 is 0. The molecule has 0 unspecified atom stereocenters. The summed E-state index contributed by atoms with van der Waals surface area (Å²) >= 11 is 1.38. The highest BCUT2D eigenvalue weighted by atomic mass is 32.2. The molecule has 0 radical (unpaired) electrons. The van der Waals surface area contributed by atoms with Gasteiger partial charge in [0.15, 0.2) is 5.78 Å². The topological polar surface area (TPSA) is 109 Å². The minimum atomic E-state index is -0.500. The van der Waals surface area contributed by atoms with Gasteiger partial charge in [0, 0.05) is 41.5 Å². The van der Waals surface area contributed by atoms with E-state index in [1.807, 2.05) is 13.0 Å². The molecular formula is C21H18N4O3S. The van der Waals surface area contributed by atoms with Crippen molar-refractivity contribution in [3.63, 3.8) is 0 Å². The number of Topliss-reactive ketones (excluding diaryl/α,β-unsaturated/α-hetero) is 1. The number of hydrogen-bond donors (Lipinski definition) is 1. The lowest BCUT2D eigenvalue weighted by molar-refractivity contribution is -0.384. The molecule has 146 valence electrons. The highest BCUT2D eigenvalue weighted by molar-refractivity contribution is 8.02. The number of carbonyl (C=O) groups is 1. The van der Waals surface area contributed by atoms with Crippen molar-refractivity contribution >= 4 is 23.2 Å². The van der Waals surface area contributed by atoms with Gasteiger partial charge in [-0.3, -0.25) is 19.9 Å². The zero-order valence-corrected chi connectivity index (χ0v) is 16.7. The summed E-state index contributed by atoms with van der Waals surface area (Å²) in [6.45, 7) is 3.29. The van der Waals surface area contributed by atoms with Crippen LogP contribution in [0.1, 0.15) is 30.9 Å². The summed E-state index contributed by atoms with van der Waals surface area (Å²) in [5, 5.41) is 24.7. The molecule has 3 rings (SSSR count). The molecule has 0 saturated carbocycles. The van der Waals surface area contributed by atoms with Crippen molar-refractivity contribution in [3.05, 3.63) is 91.9 Å². The molecule has 8 heteroatoms. The minimum absolute atomic E-state index is 0.0253. The summed E-state index contributed by atoms with van der Waals surface area (Å²) in [4.78, 5) is 27.0. The van der Waals surface area contributed by atoms with E-state index >= 15 is 0 Å². The Balaban J connectivity index is 1.97. The molecule has 0 fully saturated rings. The Morgan fingerprint density at radius 2 is 2.17 bits per heavy atom. The van der Waals surface area contributed by atoms with Gasteiger partial charge in [-0.15, -0.1) is 11.8 Å². The number of hydrogen-bond acceptors (Lipinski definition) is 7. The Hall–Kier alpha value is -3.44. The standard InChI is InChI=1S/C21H18N4O3S/c1-13-19(14(2)26)20(16-6-4-8-23-11-16)18(10-22)21(24-13)29-12-15-5-3-7-17(9-15)25(27)28/h3-9,11,20,24H,12H2,1-2H3/t20-/m0/s1. The molecule has 29 heavy (non-hydrogen) atoms. The van der Waals surface area contributed by atoms with E-state index in [4.69, 9.17) is 0 Å². The molecule has 0 spiro atoms. The normalized spacial score (nSPS) is 16.2. The zero-order valence-electron chi connectivity index (χ0n) is 15.9. The average molecular weight is 406 g/mol. The predicted octanol–water partition coefficient (Wildman–Crippen LogP) is 4.21. The van der Waals surface area contributed by atoms with Crippen molar-refractivity contribution in [2.45, 2.75) is 25.5 Å². The summed E-state index contributed by atoms with van der Waals surface area (Å²) in [7, 11) is 0. The Bertz CT molecular complexity index is 1070. The largest absolute Gasteiger partial charge is 0.353 e. The van der Waals surface area contributed by atoms with Gasteiger partial charge in [0.2, 0.25) is 0 Å². The monoisotopic (exact) mass is 406 g/mol. The molecule has 1 N–H and O–H groups in total. The highest BCUT2D eigenvalue weighted by Crippen LogP contribution is 2.41. The van der Waals surface area contributed by atoms with E-state index in [2.05, 4.69) is 16.4 Å². The van der Waals surface area contributed by atoms with E-state index < -0.39 is 10.8 Å². The van der Waals surface area contributed by atoms with Crippen LogP contribution in [0.15, 0.2) is 70.7 Å². The van der Waals surface area contributed by atoms with Gasteiger partial charge in [-0.1, -0.05) is 18.2 Å². The fourth-order valence-electron chi connectivity index (χ4n) is 3.29. The Labute approximate surface area is 172 Å². The number of benzene rings is 1. The molecule has 1 aliphatic rings. The maximum absolute atomic E-state index is 12.3. The molecule has 2 heterocycles. The molecule has 1 aromatic carbocycles. The first kappa shape index (κ1) is 20.3. The Kier molecular flexibility index (Phi) is 6.10. The number of dihydropyridines is 1. The van der Waals surface area contributed by atoms with E-state index in [0.29, 0.717) is 27.6 Å². The fourth-order valence-corrected chi connectivity index (χ4v) is 4.32. The summed E-state index contributed by atoms with van der Waals surface area (Å²) in [6, 6.07) is 12.3. The fraction of sp³-hybridized carbons (Fsp3) is 0.190. The third kappa shape index (κ3) is 4.36. The second kappa shape index (κ2) is 8.71. The lowest BCUT2D eigenvalue weighted by atomic mass is 9.81. The van der Waals surface area contributed by atoms with Crippen LogP contribution in [0.5, 0.6) is 0 Å². The molecule has 2 aromatic rings. The van der Waals surface area contributed by atoms with Crippen LogP contribution in [0.2, 0.25) is 0 Å². The van der Waals surface area contributed by atoms with E-state index in [1.165, 1.54) is 30.8 Å². The van der Waals surface area contributed by atoms with Crippen LogP contribution in [0.3, 0.4) is 0 Å². The zero-order chi connectivity index (χ0) is 21.0. The van der Waals surface area contributed by atoms with Gasteiger partial charge in [0.1, 0.15) is 0 Å². The molecule has 0 amide bonds. The first-order valence-electron chi connectivity index (χ1n) is 8.81. The number of non-ortho nitro benzene ring substituents is 1. The van der Waals surface area contributed by atoms with Crippen molar-refractivity contribution in [2.24, 2.45) is 0 Å². The first-order chi connectivity index (χ1) is 13.9. The number of rotatable bonds is 6. The number of thioether (sulfide) groups is 1. The number of nitro groups is 1. The van der Waals surface area contributed by atoms with Crippen LogP contribution in [-0.4, -0.2) is 15.7 Å². The van der Waals surface area contributed by atoms with Crippen LogP contribution < -0.4 is 5.32 Å². The van der Waals surface area contributed by atoms with E-state index in [-0.39, 0.29) is 11.5 Å². The summed E-state index contributed by atoms with van der Waals surface area (Å²) in [5.74, 6) is -0.170. The maximum Gasteiger partial charge on any atom is 0.269 e. The van der Waals surface area contributed by atoms with Crippen LogP contribution >= 0.6 is 11.8 Å². The number of aromatic nitrogens is 1. The van der Waals surface area contributed by atoms with Gasteiger partial charge in [0.05, 0.1) is 27.5 Å². The highest BCUT2D eigenvalue weighted by Gasteiger charge is 2.33. The molecule has 0 saturated heterocycles. The quantitative estimate of drug-likeness (QED) is 0.565. The van der Waals surface area contributed by atoms with Crippen molar-refractivity contribution in [3.8, 4) is 6.07 Å². The number of nitriles is 1. The maximum atomic E-state index is 12.3. The first-order valence-corrected chi connectivity index (χ1v) is 9.80. The predicted molar refractivity (Wildman–Crippen MR) is 111 cm³/mol. The molecule has 0 bridgehead atoms.